The first-order valence-corrected chi connectivity index (χ1v) is 6.64. The average molecular weight is 246 g/mol. The van der Waals surface area contributed by atoms with Gasteiger partial charge in [-0.3, -0.25) is 0 Å². The van der Waals surface area contributed by atoms with Gasteiger partial charge in [-0.25, -0.2) is 0 Å². The number of alkyl halides is 1. The molecule has 2 saturated carbocycles. The molecule has 13 heavy (non-hydrogen) atoms. The Kier molecular flexibility index (Phi) is 2.99. The van der Waals surface area contributed by atoms with E-state index in [0.717, 1.165) is 6.04 Å². The van der Waals surface area contributed by atoms with E-state index in [9.17, 15) is 0 Å². The summed E-state index contributed by atoms with van der Waals surface area (Å²) in [6, 6.07) is 0.913. The van der Waals surface area contributed by atoms with Crippen molar-refractivity contribution in [2.75, 3.05) is 18.9 Å². The molecule has 0 heterocycles. The number of hydrogen-bond acceptors (Lipinski definition) is 1. The van der Waals surface area contributed by atoms with Crippen LogP contribution in [0.4, 0.5) is 0 Å². The quantitative estimate of drug-likeness (QED) is 0.689. The minimum Gasteiger partial charge on any atom is -0.303 e. The van der Waals surface area contributed by atoms with Gasteiger partial charge < -0.3 is 4.90 Å². The van der Waals surface area contributed by atoms with Gasteiger partial charge >= 0.3 is 0 Å². The molecule has 0 radical (unpaired) electrons. The summed E-state index contributed by atoms with van der Waals surface area (Å²) in [4.78, 5) is 2.60. The number of rotatable bonds is 4. The molecule has 1 nitrogen and oxygen atoms in total. The Hall–Kier alpha value is 0.440. The van der Waals surface area contributed by atoms with Gasteiger partial charge in [0.1, 0.15) is 0 Å². The number of hydrogen-bond donors (Lipinski definition) is 0. The van der Waals surface area contributed by atoms with Crippen molar-refractivity contribution in [1.82, 2.24) is 4.90 Å². The van der Waals surface area contributed by atoms with Gasteiger partial charge in [0.2, 0.25) is 0 Å². The summed E-state index contributed by atoms with van der Waals surface area (Å²) in [5, 5.41) is 1.21. The van der Waals surface area contributed by atoms with Crippen LogP contribution in [-0.2, 0) is 0 Å². The molecule has 2 heteroatoms. The zero-order valence-corrected chi connectivity index (χ0v) is 10.1. The Morgan fingerprint density at radius 3 is 2.31 bits per heavy atom. The van der Waals surface area contributed by atoms with E-state index in [0.29, 0.717) is 5.41 Å². The van der Waals surface area contributed by atoms with E-state index in [1.807, 2.05) is 0 Å². The third-order valence-electron chi connectivity index (χ3n) is 3.98. The zero-order valence-electron chi connectivity index (χ0n) is 8.56. The maximum absolute atomic E-state index is 3.67. The van der Waals surface area contributed by atoms with E-state index in [4.69, 9.17) is 0 Å². The highest BCUT2D eigenvalue weighted by molar-refractivity contribution is 9.09. The molecular weight excluding hydrogens is 226 g/mol. The fourth-order valence-corrected chi connectivity index (χ4v) is 3.23. The van der Waals surface area contributed by atoms with Crippen molar-refractivity contribution in [3.8, 4) is 0 Å². The topological polar surface area (TPSA) is 3.24 Å². The van der Waals surface area contributed by atoms with Gasteiger partial charge in [0.15, 0.2) is 0 Å². The second kappa shape index (κ2) is 3.90. The van der Waals surface area contributed by atoms with Crippen molar-refractivity contribution in [1.29, 1.82) is 0 Å². The first-order chi connectivity index (χ1) is 6.26. The first-order valence-electron chi connectivity index (χ1n) is 5.52. The van der Waals surface area contributed by atoms with Crippen molar-refractivity contribution in [3.05, 3.63) is 0 Å². The van der Waals surface area contributed by atoms with Crippen LogP contribution in [0.2, 0.25) is 0 Å². The second-order valence-corrected chi connectivity index (χ2v) is 5.55. The molecule has 76 valence electrons. The van der Waals surface area contributed by atoms with Crippen molar-refractivity contribution in [2.24, 2.45) is 5.41 Å². The molecule has 2 aliphatic rings. The van der Waals surface area contributed by atoms with E-state index in [1.54, 1.807) is 0 Å². The molecule has 0 aromatic carbocycles. The minimum absolute atomic E-state index is 0.643. The Balaban J connectivity index is 1.81. The van der Waals surface area contributed by atoms with E-state index in [1.165, 1.54) is 50.4 Å². The third-order valence-corrected chi connectivity index (χ3v) is 5.17. The maximum Gasteiger partial charge on any atom is 0.0100 e. The summed E-state index contributed by atoms with van der Waals surface area (Å²) >= 11 is 3.67. The first kappa shape index (κ1) is 9.97. The molecular formula is C11H20BrN. The van der Waals surface area contributed by atoms with E-state index >= 15 is 0 Å². The summed E-state index contributed by atoms with van der Waals surface area (Å²) < 4.78 is 0. The highest BCUT2D eigenvalue weighted by atomic mass is 79.9. The lowest BCUT2D eigenvalue weighted by Crippen LogP contribution is -2.47. The van der Waals surface area contributed by atoms with Crippen molar-refractivity contribution < 1.29 is 0 Å². The van der Waals surface area contributed by atoms with Crippen molar-refractivity contribution >= 4 is 15.9 Å². The largest absolute Gasteiger partial charge is 0.303 e. The van der Waals surface area contributed by atoms with Gasteiger partial charge in [-0.15, -0.1) is 0 Å². The molecule has 2 aliphatic carbocycles. The average Bonchev–Trinajstić information content (AvgIpc) is 1.93. The minimum atomic E-state index is 0.643. The maximum atomic E-state index is 3.67. The molecule has 0 saturated heterocycles. The van der Waals surface area contributed by atoms with Gasteiger partial charge in [-0.1, -0.05) is 28.8 Å². The lowest BCUT2D eigenvalue weighted by atomic mass is 9.69. The highest BCUT2D eigenvalue weighted by Crippen LogP contribution is 2.43. The summed E-state index contributed by atoms with van der Waals surface area (Å²) in [5.74, 6) is 0. The highest BCUT2D eigenvalue weighted by Gasteiger charge is 2.38. The molecule has 0 spiro atoms. The van der Waals surface area contributed by atoms with E-state index in [-0.39, 0.29) is 0 Å². The molecule has 0 N–H and O–H groups in total. The summed E-state index contributed by atoms with van der Waals surface area (Å²) in [7, 11) is 2.31. The van der Waals surface area contributed by atoms with Crippen molar-refractivity contribution in [2.45, 2.75) is 44.6 Å². The molecule has 2 rings (SSSR count). The van der Waals surface area contributed by atoms with Crippen LogP contribution in [0.5, 0.6) is 0 Å². The Bertz CT molecular complexity index is 167. The van der Waals surface area contributed by atoms with Crippen LogP contribution >= 0.6 is 15.9 Å². The van der Waals surface area contributed by atoms with Gasteiger partial charge in [0.25, 0.3) is 0 Å². The summed E-state index contributed by atoms with van der Waals surface area (Å²) in [6.07, 6.45) is 8.66. The van der Waals surface area contributed by atoms with Gasteiger partial charge in [0.05, 0.1) is 0 Å². The van der Waals surface area contributed by atoms with Crippen LogP contribution in [-0.4, -0.2) is 29.9 Å². The third kappa shape index (κ3) is 1.94. The zero-order chi connectivity index (χ0) is 9.31. The molecule has 0 atom stereocenters. The fraction of sp³-hybridized carbons (Fsp3) is 1.00. The molecule has 0 aromatic rings. The summed E-state index contributed by atoms with van der Waals surface area (Å²) in [5.41, 5.74) is 0.643. The molecule has 0 unspecified atom stereocenters. The van der Waals surface area contributed by atoms with Crippen LogP contribution in [0, 0.1) is 5.41 Å². The lowest BCUT2D eigenvalue weighted by molar-refractivity contribution is 0.0574. The smallest absolute Gasteiger partial charge is 0.0100 e. The molecule has 0 bridgehead atoms. The fourth-order valence-electron chi connectivity index (χ4n) is 2.50. The second-order valence-electron chi connectivity index (χ2n) is 4.99. The standard InChI is InChI=1S/C11H20BrN/c1-13(10-4-2-5-10)9-11(8-12)6-3-7-11/h10H,2-9H2,1H3. The predicted octanol–water partition coefficient (Wildman–Crippen LogP) is 3.04. The SMILES string of the molecule is CN(CC1(CBr)CCC1)C1CCC1. The monoisotopic (exact) mass is 245 g/mol. The van der Waals surface area contributed by atoms with Gasteiger partial charge in [-0.2, -0.15) is 0 Å². The van der Waals surface area contributed by atoms with Gasteiger partial charge in [-0.05, 0) is 38.1 Å². The lowest BCUT2D eigenvalue weighted by Gasteiger charge is -2.46. The number of halogens is 1. The van der Waals surface area contributed by atoms with Crippen molar-refractivity contribution in [3.63, 3.8) is 0 Å². The Morgan fingerprint density at radius 1 is 1.31 bits per heavy atom. The molecule has 0 amide bonds. The van der Waals surface area contributed by atoms with Gasteiger partial charge in [0, 0.05) is 17.9 Å². The molecule has 0 aromatic heterocycles. The Labute approximate surface area is 90.0 Å². The van der Waals surface area contributed by atoms with Crippen LogP contribution in [0.1, 0.15) is 38.5 Å². The number of nitrogens with zero attached hydrogens (tertiary/aromatic N) is 1. The summed E-state index contributed by atoms with van der Waals surface area (Å²) in [6.45, 7) is 1.32. The van der Waals surface area contributed by atoms with Crippen LogP contribution in [0.15, 0.2) is 0 Å². The molecule has 0 aliphatic heterocycles. The van der Waals surface area contributed by atoms with Crippen LogP contribution in [0.3, 0.4) is 0 Å². The van der Waals surface area contributed by atoms with Crippen LogP contribution < -0.4 is 0 Å². The molecule has 2 fully saturated rings. The van der Waals surface area contributed by atoms with Crippen LogP contribution in [0.25, 0.3) is 0 Å². The van der Waals surface area contributed by atoms with E-state index in [2.05, 4.69) is 27.9 Å². The normalized spacial score (nSPS) is 27.0. The predicted molar refractivity (Wildman–Crippen MR) is 60.3 cm³/mol. The Morgan fingerprint density at radius 2 is 2.00 bits per heavy atom. The van der Waals surface area contributed by atoms with E-state index < -0.39 is 0 Å².